The van der Waals surface area contributed by atoms with Crippen LogP contribution in [-0.4, -0.2) is 32.3 Å². The van der Waals surface area contributed by atoms with Gasteiger partial charge in [0.1, 0.15) is 5.00 Å². The van der Waals surface area contributed by atoms with Crippen molar-refractivity contribution < 1.29 is 4.79 Å². The Morgan fingerprint density at radius 1 is 1.26 bits per heavy atom. The first kappa shape index (κ1) is 15.1. The number of hydrogen-bond donors (Lipinski definition) is 1. The van der Waals surface area contributed by atoms with Gasteiger partial charge in [0.05, 0.1) is 24.1 Å². The summed E-state index contributed by atoms with van der Waals surface area (Å²) in [5.41, 5.74) is 2.61. The number of carbonyl (C=O) groups excluding carboxylic acids is 1. The average molecular weight is 325 g/mol. The monoisotopic (exact) mass is 325 g/mol. The summed E-state index contributed by atoms with van der Waals surface area (Å²) >= 11 is 1.26. The van der Waals surface area contributed by atoms with Crippen LogP contribution in [0.4, 0.5) is 9.80 Å². The molecule has 0 fully saturated rings. The molecule has 0 saturated heterocycles. The molecular weight excluding hydrogens is 310 g/mol. The number of nitrogens with zero attached hydrogens (tertiary/aromatic N) is 4. The predicted molar refractivity (Wildman–Crippen MR) is 90.1 cm³/mol. The maximum absolute atomic E-state index is 12.2. The average Bonchev–Trinajstić information content (AvgIpc) is 3.05. The molecule has 0 bridgehead atoms. The lowest BCUT2D eigenvalue weighted by molar-refractivity contribution is 0.220. The molecule has 3 rings (SSSR count). The van der Waals surface area contributed by atoms with Gasteiger partial charge in [-0.15, -0.1) is 0 Å². The largest absolute Gasteiger partial charge is 0.322 e. The van der Waals surface area contributed by atoms with Gasteiger partial charge >= 0.3 is 6.03 Å². The van der Waals surface area contributed by atoms with Crippen LogP contribution in [0.1, 0.15) is 5.69 Å². The molecule has 7 heteroatoms. The quantitative estimate of drug-likeness (QED) is 0.799. The molecule has 1 aromatic carbocycles. The number of nitrogens with one attached hydrogen (secondary N) is 1. The normalized spacial score (nSPS) is 10.3. The molecule has 0 spiro atoms. The first-order chi connectivity index (χ1) is 11.2. The summed E-state index contributed by atoms with van der Waals surface area (Å²) in [6.07, 6.45) is 4.85. The molecule has 2 amide bonds. The van der Waals surface area contributed by atoms with Crippen LogP contribution >= 0.6 is 11.5 Å². The summed E-state index contributed by atoms with van der Waals surface area (Å²) in [5, 5.41) is 3.56. The highest BCUT2D eigenvalue weighted by atomic mass is 32.1. The van der Waals surface area contributed by atoms with Gasteiger partial charge in [0.25, 0.3) is 0 Å². The lowest BCUT2D eigenvalue weighted by atomic mass is 10.2. The highest BCUT2D eigenvalue weighted by Gasteiger charge is 2.12. The van der Waals surface area contributed by atoms with Gasteiger partial charge in [0.15, 0.2) is 0 Å². The maximum atomic E-state index is 12.2. The Morgan fingerprint density at radius 2 is 2.09 bits per heavy atom. The van der Waals surface area contributed by atoms with Crippen LogP contribution in [0, 0.1) is 0 Å². The fraction of sp³-hybridized carbons (Fsp3) is 0.125. The zero-order valence-corrected chi connectivity index (χ0v) is 13.3. The van der Waals surface area contributed by atoms with Crippen LogP contribution < -0.4 is 5.32 Å². The molecule has 0 aliphatic heterocycles. The Bertz CT molecular complexity index is 775. The van der Waals surface area contributed by atoms with Crippen molar-refractivity contribution in [3.05, 3.63) is 60.7 Å². The Morgan fingerprint density at radius 3 is 2.83 bits per heavy atom. The van der Waals surface area contributed by atoms with Gasteiger partial charge in [-0.05, 0) is 11.5 Å². The molecule has 1 N–H and O–H groups in total. The number of hydrogen-bond acceptors (Lipinski definition) is 5. The number of rotatable bonds is 4. The van der Waals surface area contributed by atoms with E-state index in [2.05, 4.69) is 19.7 Å². The lowest BCUT2D eigenvalue weighted by Crippen LogP contribution is -2.30. The van der Waals surface area contributed by atoms with Crippen molar-refractivity contribution in [3.63, 3.8) is 0 Å². The summed E-state index contributed by atoms with van der Waals surface area (Å²) < 4.78 is 4.37. The number of anilines is 1. The second-order valence-electron chi connectivity index (χ2n) is 4.93. The Balaban J connectivity index is 1.63. The standard InChI is InChI=1S/C16H15N5OS/c1-21(11-13-10-17-7-8-18-13)16(22)19-15-9-14(20-23-15)12-5-3-2-4-6-12/h2-10H,11H2,1H3,(H,19,22). The van der Waals surface area contributed by atoms with Gasteiger partial charge in [-0.25, -0.2) is 4.79 Å². The van der Waals surface area contributed by atoms with Crippen LogP contribution in [0.3, 0.4) is 0 Å². The minimum Gasteiger partial charge on any atom is -0.322 e. The number of urea groups is 1. The van der Waals surface area contributed by atoms with Gasteiger partial charge in [0, 0.05) is 31.1 Å². The van der Waals surface area contributed by atoms with Crippen LogP contribution in [-0.2, 0) is 6.54 Å². The minimum absolute atomic E-state index is 0.209. The number of amides is 2. The van der Waals surface area contributed by atoms with Crippen LogP contribution in [0.5, 0.6) is 0 Å². The van der Waals surface area contributed by atoms with E-state index in [1.54, 1.807) is 30.5 Å². The van der Waals surface area contributed by atoms with Gasteiger partial charge in [-0.2, -0.15) is 4.37 Å². The molecule has 0 saturated carbocycles. The molecule has 0 atom stereocenters. The smallest absolute Gasteiger partial charge is 0.322 e. The van der Waals surface area contributed by atoms with E-state index in [-0.39, 0.29) is 6.03 Å². The van der Waals surface area contributed by atoms with E-state index >= 15 is 0 Å². The molecule has 2 aromatic heterocycles. The number of benzene rings is 1. The van der Waals surface area contributed by atoms with Crippen molar-refractivity contribution in [2.45, 2.75) is 6.54 Å². The third-order valence-corrected chi connectivity index (χ3v) is 3.88. The molecule has 3 aromatic rings. The first-order valence-electron chi connectivity index (χ1n) is 7.01. The summed E-state index contributed by atoms with van der Waals surface area (Å²) in [5.74, 6) is 0. The maximum Gasteiger partial charge on any atom is 0.322 e. The van der Waals surface area contributed by atoms with E-state index in [1.807, 2.05) is 36.4 Å². The van der Waals surface area contributed by atoms with Gasteiger partial charge in [-0.1, -0.05) is 30.3 Å². The first-order valence-corrected chi connectivity index (χ1v) is 7.79. The zero-order chi connectivity index (χ0) is 16.1. The van der Waals surface area contributed by atoms with Gasteiger partial charge < -0.3 is 4.90 Å². The van der Waals surface area contributed by atoms with E-state index < -0.39 is 0 Å². The highest BCUT2D eigenvalue weighted by molar-refractivity contribution is 7.10. The summed E-state index contributed by atoms with van der Waals surface area (Å²) in [7, 11) is 1.71. The molecule has 0 unspecified atom stereocenters. The van der Waals surface area contributed by atoms with Crippen molar-refractivity contribution in [1.82, 2.24) is 19.2 Å². The Labute approximate surface area is 138 Å². The SMILES string of the molecule is CN(Cc1cnccn1)C(=O)Nc1cc(-c2ccccc2)ns1. The van der Waals surface area contributed by atoms with Crippen molar-refractivity contribution in [2.75, 3.05) is 12.4 Å². The van der Waals surface area contributed by atoms with Gasteiger partial charge in [0.2, 0.25) is 0 Å². The second-order valence-corrected chi connectivity index (χ2v) is 5.73. The summed E-state index contributed by atoms with van der Waals surface area (Å²) in [6.45, 7) is 0.393. The molecule has 23 heavy (non-hydrogen) atoms. The van der Waals surface area contributed by atoms with Crippen LogP contribution in [0.15, 0.2) is 55.0 Å². The fourth-order valence-corrected chi connectivity index (χ4v) is 2.66. The molecule has 0 radical (unpaired) electrons. The van der Waals surface area contributed by atoms with Crippen molar-refractivity contribution in [3.8, 4) is 11.3 Å². The third kappa shape index (κ3) is 3.89. The summed E-state index contributed by atoms with van der Waals surface area (Å²) in [4.78, 5) is 21.9. The molecular formula is C16H15N5OS. The van der Waals surface area contributed by atoms with E-state index in [4.69, 9.17) is 0 Å². The summed E-state index contributed by atoms with van der Waals surface area (Å²) in [6, 6.07) is 11.5. The minimum atomic E-state index is -0.209. The molecule has 0 aliphatic rings. The van der Waals surface area contributed by atoms with E-state index in [9.17, 15) is 4.79 Å². The van der Waals surface area contributed by atoms with E-state index in [0.29, 0.717) is 11.5 Å². The van der Waals surface area contributed by atoms with E-state index in [0.717, 1.165) is 17.0 Å². The molecule has 2 heterocycles. The van der Waals surface area contributed by atoms with Crippen molar-refractivity contribution >= 4 is 22.6 Å². The predicted octanol–water partition coefficient (Wildman–Crippen LogP) is 3.26. The highest BCUT2D eigenvalue weighted by Crippen LogP contribution is 2.25. The fourth-order valence-electron chi connectivity index (χ4n) is 2.01. The molecule has 6 nitrogen and oxygen atoms in total. The lowest BCUT2D eigenvalue weighted by Gasteiger charge is -2.16. The van der Waals surface area contributed by atoms with Gasteiger partial charge in [-0.3, -0.25) is 15.3 Å². The molecule has 0 aliphatic carbocycles. The second kappa shape index (κ2) is 6.97. The van der Waals surface area contributed by atoms with Crippen molar-refractivity contribution in [2.24, 2.45) is 0 Å². The Hall–Kier alpha value is -2.80. The van der Waals surface area contributed by atoms with Crippen molar-refractivity contribution in [1.29, 1.82) is 0 Å². The van der Waals surface area contributed by atoms with E-state index in [1.165, 1.54) is 11.5 Å². The third-order valence-electron chi connectivity index (χ3n) is 3.17. The topological polar surface area (TPSA) is 71.0 Å². The number of aromatic nitrogens is 3. The zero-order valence-electron chi connectivity index (χ0n) is 12.5. The van der Waals surface area contributed by atoms with Crippen LogP contribution in [0.2, 0.25) is 0 Å². The molecule has 116 valence electrons. The number of carbonyl (C=O) groups is 1. The van der Waals surface area contributed by atoms with Crippen LogP contribution in [0.25, 0.3) is 11.3 Å². The Kier molecular flexibility index (Phi) is 4.58.